The van der Waals surface area contributed by atoms with Crippen molar-refractivity contribution < 1.29 is 9.53 Å². The molecule has 2 aromatic carbocycles. The van der Waals surface area contributed by atoms with Crippen LogP contribution < -0.4 is 15.4 Å². The van der Waals surface area contributed by atoms with Gasteiger partial charge in [0.25, 0.3) is 0 Å². The molecule has 1 aliphatic carbocycles. The summed E-state index contributed by atoms with van der Waals surface area (Å²) in [5.41, 5.74) is 1.04. The molecule has 0 heterocycles. The van der Waals surface area contributed by atoms with Crippen molar-refractivity contribution in [3.05, 3.63) is 60.2 Å². The van der Waals surface area contributed by atoms with Crippen LogP contribution in [-0.2, 0) is 6.54 Å². The smallest absolute Gasteiger partial charge is 0.315 e. The average Bonchev–Trinajstić information content (AvgIpc) is 3.29. The van der Waals surface area contributed by atoms with Crippen molar-refractivity contribution in [3.8, 4) is 11.5 Å². The molecule has 1 fully saturated rings. The van der Waals surface area contributed by atoms with E-state index in [0.29, 0.717) is 12.5 Å². The highest BCUT2D eigenvalue weighted by Gasteiger charge is 2.32. The van der Waals surface area contributed by atoms with E-state index in [1.807, 2.05) is 54.6 Å². The first-order valence-corrected chi connectivity index (χ1v) is 8.04. The third kappa shape index (κ3) is 4.74. The summed E-state index contributed by atoms with van der Waals surface area (Å²) in [7, 11) is 0. The minimum Gasteiger partial charge on any atom is -0.457 e. The molecule has 3 rings (SSSR count). The summed E-state index contributed by atoms with van der Waals surface area (Å²) in [4.78, 5) is 11.7. The predicted molar refractivity (Wildman–Crippen MR) is 90.5 cm³/mol. The number of carbonyl (C=O) groups excluding carboxylic acids is 1. The number of nitrogens with one attached hydrogen (secondary N) is 2. The SMILES string of the molecule is CC1CC1CNC(=O)NCc1ccc(Oc2ccccc2)cc1. The van der Waals surface area contributed by atoms with Crippen molar-refractivity contribution in [2.45, 2.75) is 19.9 Å². The summed E-state index contributed by atoms with van der Waals surface area (Å²) in [6.45, 7) is 3.50. The van der Waals surface area contributed by atoms with Gasteiger partial charge in [0, 0.05) is 13.1 Å². The van der Waals surface area contributed by atoms with Gasteiger partial charge in [-0.05, 0) is 48.1 Å². The van der Waals surface area contributed by atoms with E-state index >= 15 is 0 Å². The van der Waals surface area contributed by atoms with E-state index in [1.54, 1.807) is 0 Å². The lowest BCUT2D eigenvalue weighted by Gasteiger charge is -2.09. The maximum absolute atomic E-state index is 11.7. The second kappa shape index (κ2) is 7.18. The second-order valence-electron chi connectivity index (χ2n) is 6.10. The standard InChI is InChI=1S/C19H22N2O2/c1-14-11-16(14)13-21-19(22)20-12-15-7-9-18(10-8-15)23-17-5-3-2-4-6-17/h2-10,14,16H,11-13H2,1H3,(H2,20,21,22). The normalized spacial score (nSPS) is 19.0. The van der Waals surface area contributed by atoms with Gasteiger partial charge in [-0.3, -0.25) is 0 Å². The Kier molecular flexibility index (Phi) is 4.81. The topological polar surface area (TPSA) is 50.4 Å². The molecule has 0 spiro atoms. The first kappa shape index (κ1) is 15.4. The van der Waals surface area contributed by atoms with E-state index in [2.05, 4.69) is 17.6 Å². The lowest BCUT2D eigenvalue weighted by atomic mass is 10.2. The van der Waals surface area contributed by atoms with Crippen LogP contribution in [0, 0.1) is 11.8 Å². The number of ether oxygens (including phenoxy) is 1. The van der Waals surface area contributed by atoms with Gasteiger partial charge in [0.2, 0.25) is 0 Å². The molecule has 0 saturated heterocycles. The number of rotatable bonds is 6. The van der Waals surface area contributed by atoms with Gasteiger partial charge in [-0.2, -0.15) is 0 Å². The molecule has 1 saturated carbocycles. The van der Waals surface area contributed by atoms with Gasteiger partial charge in [-0.15, -0.1) is 0 Å². The van der Waals surface area contributed by atoms with Crippen molar-refractivity contribution in [1.29, 1.82) is 0 Å². The van der Waals surface area contributed by atoms with Crippen LogP contribution in [-0.4, -0.2) is 12.6 Å². The number of hydrogen-bond donors (Lipinski definition) is 2. The number of para-hydroxylation sites is 1. The predicted octanol–water partition coefficient (Wildman–Crippen LogP) is 3.93. The van der Waals surface area contributed by atoms with E-state index < -0.39 is 0 Å². The minimum atomic E-state index is -0.103. The van der Waals surface area contributed by atoms with Crippen LogP contribution in [0.4, 0.5) is 4.79 Å². The summed E-state index contributed by atoms with van der Waals surface area (Å²) < 4.78 is 5.74. The monoisotopic (exact) mass is 310 g/mol. The fourth-order valence-electron chi connectivity index (χ4n) is 2.45. The van der Waals surface area contributed by atoms with Crippen LogP contribution >= 0.6 is 0 Å². The highest BCUT2D eigenvalue weighted by Crippen LogP contribution is 2.36. The quantitative estimate of drug-likeness (QED) is 0.849. The largest absolute Gasteiger partial charge is 0.457 e. The Morgan fingerprint density at radius 1 is 1.04 bits per heavy atom. The summed E-state index contributed by atoms with van der Waals surface area (Å²) in [5.74, 6) is 3.02. The molecule has 4 nitrogen and oxygen atoms in total. The number of benzene rings is 2. The highest BCUT2D eigenvalue weighted by atomic mass is 16.5. The van der Waals surface area contributed by atoms with Crippen LogP contribution in [0.1, 0.15) is 18.9 Å². The van der Waals surface area contributed by atoms with Gasteiger partial charge in [0.05, 0.1) is 0 Å². The molecule has 2 atom stereocenters. The van der Waals surface area contributed by atoms with Gasteiger partial charge in [-0.25, -0.2) is 4.79 Å². The number of urea groups is 1. The van der Waals surface area contributed by atoms with Crippen LogP contribution in [0.15, 0.2) is 54.6 Å². The van der Waals surface area contributed by atoms with Crippen LogP contribution in [0.3, 0.4) is 0 Å². The van der Waals surface area contributed by atoms with Gasteiger partial charge in [0.1, 0.15) is 11.5 Å². The van der Waals surface area contributed by atoms with Crippen molar-refractivity contribution in [2.75, 3.05) is 6.54 Å². The van der Waals surface area contributed by atoms with E-state index in [1.165, 1.54) is 6.42 Å². The number of hydrogen-bond acceptors (Lipinski definition) is 2. The van der Waals surface area contributed by atoms with Crippen molar-refractivity contribution in [2.24, 2.45) is 11.8 Å². The highest BCUT2D eigenvalue weighted by molar-refractivity contribution is 5.73. The zero-order chi connectivity index (χ0) is 16.1. The molecule has 1 aliphatic rings. The van der Waals surface area contributed by atoms with E-state index in [4.69, 9.17) is 4.74 Å². The number of amides is 2. The molecule has 2 amide bonds. The Bertz CT molecular complexity index is 640. The fraction of sp³-hybridized carbons (Fsp3) is 0.316. The maximum Gasteiger partial charge on any atom is 0.315 e. The lowest BCUT2D eigenvalue weighted by Crippen LogP contribution is -2.36. The molecule has 2 unspecified atom stereocenters. The van der Waals surface area contributed by atoms with Crippen LogP contribution in [0.5, 0.6) is 11.5 Å². The third-order valence-electron chi connectivity index (χ3n) is 4.16. The zero-order valence-electron chi connectivity index (χ0n) is 13.3. The fourth-order valence-corrected chi connectivity index (χ4v) is 2.45. The first-order valence-electron chi connectivity index (χ1n) is 8.04. The molecule has 0 aromatic heterocycles. The van der Waals surface area contributed by atoms with E-state index in [-0.39, 0.29) is 6.03 Å². The zero-order valence-corrected chi connectivity index (χ0v) is 13.3. The van der Waals surface area contributed by atoms with E-state index in [0.717, 1.165) is 29.5 Å². The van der Waals surface area contributed by atoms with E-state index in [9.17, 15) is 4.79 Å². The summed E-state index contributed by atoms with van der Waals surface area (Å²) in [6, 6.07) is 17.3. The molecular weight excluding hydrogens is 288 g/mol. The molecule has 2 N–H and O–H groups in total. The van der Waals surface area contributed by atoms with Crippen molar-refractivity contribution in [3.63, 3.8) is 0 Å². The Hall–Kier alpha value is -2.49. The molecule has 120 valence electrons. The van der Waals surface area contributed by atoms with Gasteiger partial charge >= 0.3 is 6.03 Å². The molecular formula is C19H22N2O2. The van der Waals surface area contributed by atoms with Crippen molar-refractivity contribution >= 4 is 6.03 Å². The summed E-state index contributed by atoms with van der Waals surface area (Å²) in [6.07, 6.45) is 1.23. The second-order valence-corrected chi connectivity index (χ2v) is 6.10. The Balaban J connectivity index is 1.43. The molecule has 0 aliphatic heterocycles. The lowest BCUT2D eigenvalue weighted by molar-refractivity contribution is 0.240. The maximum atomic E-state index is 11.7. The van der Waals surface area contributed by atoms with Gasteiger partial charge in [-0.1, -0.05) is 37.3 Å². The molecule has 0 bridgehead atoms. The van der Waals surface area contributed by atoms with Crippen molar-refractivity contribution in [1.82, 2.24) is 10.6 Å². The Morgan fingerprint density at radius 3 is 2.35 bits per heavy atom. The average molecular weight is 310 g/mol. The minimum absolute atomic E-state index is 0.103. The summed E-state index contributed by atoms with van der Waals surface area (Å²) >= 11 is 0. The summed E-state index contributed by atoms with van der Waals surface area (Å²) in [5, 5.41) is 5.79. The first-order chi connectivity index (χ1) is 11.2. The number of carbonyl (C=O) groups is 1. The Morgan fingerprint density at radius 2 is 1.70 bits per heavy atom. The molecule has 4 heteroatoms. The van der Waals surface area contributed by atoms with Gasteiger partial charge in [0.15, 0.2) is 0 Å². The van der Waals surface area contributed by atoms with Crippen LogP contribution in [0.25, 0.3) is 0 Å². The van der Waals surface area contributed by atoms with Crippen LogP contribution in [0.2, 0.25) is 0 Å². The molecule has 0 radical (unpaired) electrons. The molecule has 2 aromatic rings. The molecule has 23 heavy (non-hydrogen) atoms. The van der Waals surface area contributed by atoms with Gasteiger partial charge < -0.3 is 15.4 Å². The Labute approximate surface area is 136 Å². The third-order valence-corrected chi connectivity index (χ3v) is 4.16.